The van der Waals surface area contributed by atoms with Crippen molar-refractivity contribution in [2.75, 3.05) is 12.4 Å². The van der Waals surface area contributed by atoms with Crippen molar-refractivity contribution >= 4 is 21.6 Å². The molecule has 1 aliphatic rings. The maximum atomic E-state index is 5.28. The van der Waals surface area contributed by atoms with Crippen LogP contribution in [0.3, 0.4) is 0 Å². The SMILES string of the molecule is COc1ccccc1C1=NOC(CBr)C1. The molecular formula is C11H12BrNO2. The number of oxime groups is 1. The van der Waals surface area contributed by atoms with Crippen molar-refractivity contribution in [2.45, 2.75) is 12.5 Å². The second-order valence-corrected chi connectivity index (χ2v) is 3.97. The summed E-state index contributed by atoms with van der Waals surface area (Å²) in [4.78, 5) is 5.25. The third kappa shape index (κ3) is 2.15. The fourth-order valence-electron chi connectivity index (χ4n) is 1.55. The normalized spacial score (nSPS) is 19.6. The summed E-state index contributed by atoms with van der Waals surface area (Å²) in [6.07, 6.45) is 0.968. The molecule has 4 heteroatoms. The quantitative estimate of drug-likeness (QED) is 0.790. The fourth-order valence-corrected chi connectivity index (χ4v) is 1.90. The van der Waals surface area contributed by atoms with Gasteiger partial charge in [-0.3, -0.25) is 0 Å². The molecule has 1 unspecified atom stereocenters. The van der Waals surface area contributed by atoms with E-state index >= 15 is 0 Å². The van der Waals surface area contributed by atoms with E-state index in [1.165, 1.54) is 0 Å². The highest BCUT2D eigenvalue weighted by Gasteiger charge is 2.22. The van der Waals surface area contributed by atoms with E-state index in [1.54, 1.807) is 7.11 Å². The van der Waals surface area contributed by atoms with Crippen molar-refractivity contribution < 1.29 is 9.57 Å². The van der Waals surface area contributed by atoms with Gasteiger partial charge < -0.3 is 9.57 Å². The van der Waals surface area contributed by atoms with Gasteiger partial charge in [0.2, 0.25) is 0 Å². The van der Waals surface area contributed by atoms with Gasteiger partial charge in [-0.15, -0.1) is 0 Å². The van der Waals surface area contributed by atoms with Gasteiger partial charge >= 0.3 is 0 Å². The first-order chi connectivity index (χ1) is 7.35. The third-order valence-corrected chi connectivity index (χ3v) is 3.05. The summed E-state index contributed by atoms with van der Waals surface area (Å²) in [5, 5.41) is 4.87. The van der Waals surface area contributed by atoms with Crippen LogP contribution in [0.4, 0.5) is 0 Å². The minimum Gasteiger partial charge on any atom is -0.496 e. The Morgan fingerprint density at radius 1 is 1.53 bits per heavy atom. The molecule has 0 amide bonds. The number of rotatable bonds is 3. The lowest BCUT2D eigenvalue weighted by molar-refractivity contribution is 0.104. The Kier molecular flexibility index (Phi) is 3.26. The van der Waals surface area contributed by atoms with Gasteiger partial charge in [0.25, 0.3) is 0 Å². The first kappa shape index (κ1) is 10.5. The number of alkyl halides is 1. The molecule has 80 valence electrons. The number of methoxy groups -OCH3 is 1. The molecule has 0 fully saturated rings. The van der Waals surface area contributed by atoms with Crippen molar-refractivity contribution in [2.24, 2.45) is 5.16 Å². The summed E-state index contributed by atoms with van der Waals surface area (Å²) < 4.78 is 5.28. The lowest BCUT2D eigenvalue weighted by Gasteiger charge is -2.06. The number of ether oxygens (including phenoxy) is 1. The number of benzene rings is 1. The molecule has 0 aromatic heterocycles. The van der Waals surface area contributed by atoms with Crippen LogP contribution in [-0.2, 0) is 4.84 Å². The van der Waals surface area contributed by atoms with E-state index in [1.807, 2.05) is 24.3 Å². The van der Waals surface area contributed by atoms with E-state index in [0.717, 1.165) is 28.8 Å². The molecule has 1 heterocycles. The lowest BCUT2D eigenvalue weighted by Crippen LogP contribution is -2.09. The van der Waals surface area contributed by atoms with Crippen molar-refractivity contribution in [1.82, 2.24) is 0 Å². The summed E-state index contributed by atoms with van der Waals surface area (Å²) in [7, 11) is 1.66. The smallest absolute Gasteiger partial charge is 0.142 e. The Morgan fingerprint density at radius 2 is 2.33 bits per heavy atom. The molecule has 0 saturated heterocycles. The van der Waals surface area contributed by atoms with E-state index in [4.69, 9.17) is 9.57 Å². The minimum atomic E-state index is 0.143. The zero-order chi connectivity index (χ0) is 10.7. The Morgan fingerprint density at radius 3 is 3.00 bits per heavy atom. The average Bonchev–Trinajstić information content (AvgIpc) is 2.77. The van der Waals surface area contributed by atoms with Crippen LogP contribution >= 0.6 is 15.9 Å². The molecule has 0 saturated carbocycles. The Hall–Kier alpha value is -1.03. The van der Waals surface area contributed by atoms with Crippen molar-refractivity contribution in [1.29, 1.82) is 0 Å². The molecule has 1 aromatic rings. The topological polar surface area (TPSA) is 30.8 Å². The average molecular weight is 270 g/mol. The van der Waals surface area contributed by atoms with Crippen LogP contribution < -0.4 is 4.74 Å². The van der Waals surface area contributed by atoms with Crippen LogP contribution in [0.5, 0.6) is 5.75 Å². The van der Waals surface area contributed by atoms with Crippen molar-refractivity contribution in [3.63, 3.8) is 0 Å². The molecule has 0 radical (unpaired) electrons. The molecule has 1 atom stereocenters. The summed E-state index contributed by atoms with van der Waals surface area (Å²) >= 11 is 3.38. The number of halogens is 1. The van der Waals surface area contributed by atoms with E-state index < -0.39 is 0 Å². The Labute approximate surface area is 97.2 Å². The third-order valence-electron chi connectivity index (χ3n) is 2.32. The van der Waals surface area contributed by atoms with Crippen molar-refractivity contribution in [3.8, 4) is 5.75 Å². The number of para-hydroxylation sites is 1. The minimum absolute atomic E-state index is 0.143. The monoisotopic (exact) mass is 269 g/mol. The van der Waals surface area contributed by atoms with Crippen molar-refractivity contribution in [3.05, 3.63) is 29.8 Å². The van der Waals surface area contributed by atoms with E-state index in [-0.39, 0.29) is 6.10 Å². The highest BCUT2D eigenvalue weighted by molar-refractivity contribution is 9.09. The maximum absolute atomic E-state index is 5.28. The number of hydrogen-bond acceptors (Lipinski definition) is 3. The first-order valence-corrected chi connectivity index (χ1v) is 5.89. The summed E-state index contributed by atoms with van der Waals surface area (Å²) in [5.74, 6) is 0.843. The van der Waals surface area contributed by atoms with Crippen LogP contribution in [0.2, 0.25) is 0 Å². The second-order valence-electron chi connectivity index (χ2n) is 3.32. The molecule has 0 N–H and O–H groups in total. The Balaban J connectivity index is 2.23. The molecule has 0 bridgehead atoms. The van der Waals surface area contributed by atoms with Gasteiger partial charge in [-0.2, -0.15) is 0 Å². The molecule has 3 nitrogen and oxygen atoms in total. The van der Waals surface area contributed by atoms with E-state index in [2.05, 4.69) is 21.1 Å². The fraction of sp³-hybridized carbons (Fsp3) is 0.364. The van der Waals surface area contributed by atoms with Gasteiger partial charge in [0.15, 0.2) is 0 Å². The van der Waals surface area contributed by atoms with Gasteiger partial charge in [0.1, 0.15) is 11.9 Å². The van der Waals surface area contributed by atoms with Crippen LogP contribution in [0.1, 0.15) is 12.0 Å². The number of nitrogens with zero attached hydrogens (tertiary/aromatic N) is 1. The standard InChI is InChI=1S/C11H12BrNO2/c1-14-11-5-3-2-4-9(11)10-6-8(7-12)15-13-10/h2-5,8H,6-7H2,1H3. The second kappa shape index (κ2) is 4.66. The van der Waals surface area contributed by atoms with Gasteiger partial charge in [0.05, 0.1) is 12.8 Å². The summed E-state index contributed by atoms with van der Waals surface area (Å²) in [6, 6.07) is 7.85. The first-order valence-electron chi connectivity index (χ1n) is 4.77. The van der Waals surface area contributed by atoms with Gasteiger partial charge in [0, 0.05) is 17.3 Å². The van der Waals surface area contributed by atoms with Gasteiger partial charge in [-0.05, 0) is 12.1 Å². The lowest BCUT2D eigenvalue weighted by atomic mass is 10.0. The van der Waals surface area contributed by atoms with Gasteiger partial charge in [-0.1, -0.05) is 33.2 Å². The molecule has 1 aromatic carbocycles. The van der Waals surface area contributed by atoms with E-state index in [0.29, 0.717) is 0 Å². The van der Waals surface area contributed by atoms with Crippen LogP contribution in [-0.4, -0.2) is 24.3 Å². The molecule has 2 rings (SSSR count). The summed E-state index contributed by atoms with van der Waals surface area (Å²) in [6.45, 7) is 0. The maximum Gasteiger partial charge on any atom is 0.142 e. The largest absolute Gasteiger partial charge is 0.496 e. The predicted octanol–water partition coefficient (Wildman–Crippen LogP) is 2.58. The van der Waals surface area contributed by atoms with Crippen LogP contribution in [0, 0.1) is 0 Å². The van der Waals surface area contributed by atoms with Crippen LogP contribution in [0.25, 0.3) is 0 Å². The zero-order valence-corrected chi connectivity index (χ0v) is 10.0. The molecule has 0 aliphatic carbocycles. The zero-order valence-electron chi connectivity index (χ0n) is 8.44. The molecule has 0 spiro atoms. The van der Waals surface area contributed by atoms with Gasteiger partial charge in [-0.25, -0.2) is 0 Å². The highest BCUT2D eigenvalue weighted by Crippen LogP contribution is 2.24. The highest BCUT2D eigenvalue weighted by atomic mass is 79.9. The Bertz CT molecular complexity index is 379. The summed E-state index contributed by atoms with van der Waals surface area (Å²) in [5.41, 5.74) is 1.97. The van der Waals surface area contributed by atoms with E-state index in [9.17, 15) is 0 Å². The van der Waals surface area contributed by atoms with Crippen LogP contribution in [0.15, 0.2) is 29.4 Å². The molecule has 15 heavy (non-hydrogen) atoms. The molecule has 1 aliphatic heterocycles. The molecular weight excluding hydrogens is 258 g/mol. The predicted molar refractivity (Wildman–Crippen MR) is 62.8 cm³/mol. The number of hydrogen-bond donors (Lipinski definition) is 0.